The van der Waals surface area contributed by atoms with Crippen molar-refractivity contribution in [3.05, 3.63) is 0 Å². The minimum atomic E-state index is 0. The molecular weight excluding hydrogens is 191 g/mol. The normalized spacial score (nSPS) is 10.0. The van der Waals surface area contributed by atoms with Gasteiger partial charge < -0.3 is 0 Å². The molecule has 0 bridgehead atoms. The smallest absolute Gasteiger partial charge is 0.0851 e. The highest BCUT2D eigenvalue weighted by Gasteiger charge is 1.89. The summed E-state index contributed by atoms with van der Waals surface area (Å²) in [6.45, 7) is 0. The Labute approximate surface area is 55.9 Å². The van der Waals surface area contributed by atoms with E-state index in [4.69, 9.17) is 5.84 Å². The van der Waals surface area contributed by atoms with Crippen LogP contribution in [-0.2, 0) is 0 Å². The molecule has 0 aromatic rings. The lowest BCUT2D eigenvalue weighted by Crippen LogP contribution is -2.41. The second-order valence-electron chi connectivity index (χ2n) is 2.12. The summed E-state index contributed by atoms with van der Waals surface area (Å²) < 4.78 is 0.500. The molecule has 0 fully saturated rings. The number of nitrogens with zero attached hydrogens (tertiary/aromatic N) is 1. The Balaban J connectivity index is 0. The molecule has 0 amide bonds. The lowest BCUT2D eigenvalue weighted by atomic mass is 10.9. The molecule has 0 aromatic carbocycles. The van der Waals surface area contributed by atoms with E-state index in [-0.39, 0.29) is 24.0 Å². The lowest BCUT2D eigenvalue weighted by molar-refractivity contribution is -0.882. The van der Waals surface area contributed by atoms with Gasteiger partial charge in [0.15, 0.2) is 0 Å². The number of nitrogens with two attached hydrogens (primary N) is 1. The maximum absolute atomic E-state index is 5.29. The Morgan fingerprint density at radius 3 is 1.17 bits per heavy atom. The minimum absolute atomic E-state index is 0. The van der Waals surface area contributed by atoms with Gasteiger partial charge in [0.25, 0.3) is 0 Å². The Hall–Kier alpha value is 0.650. The fourth-order valence-electron chi connectivity index (χ4n) is 0. The molecule has 6 heavy (non-hydrogen) atoms. The largest absolute Gasteiger partial charge is 0.255 e. The van der Waals surface area contributed by atoms with Crippen molar-refractivity contribution in [2.24, 2.45) is 5.84 Å². The summed E-state index contributed by atoms with van der Waals surface area (Å²) in [6.07, 6.45) is 0. The average Bonchev–Trinajstić information content (AvgIpc) is 0.722. The van der Waals surface area contributed by atoms with Crippen LogP contribution in [0.4, 0.5) is 0 Å². The molecule has 0 aromatic heterocycles. The van der Waals surface area contributed by atoms with Crippen molar-refractivity contribution < 1.29 is 4.59 Å². The van der Waals surface area contributed by atoms with Gasteiger partial charge in [-0.2, -0.15) is 5.84 Å². The Kier molecular flexibility index (Phi) is 4.52. The van der Waals surface area contributed by atoms with E-state index in [1.165, 1.54) is 0 Å². The first-order chi connectivity index (χ1) is 2.00. The maximum Gasteiger partial charge on any atom is 0.0851 e. The Morgan fingerprint density at radius 1 is 1.17 bits per heavy atom. The molecule has 0 spiro atoms. The van der Waals surface area contributed by atoms with Gasteiger partial charge in [0.1, 0.15) is 0 Å². The highest BCUT2D eigenvalue weighted by atomic mass is 127. The highest BCUT2D eigenvalue weighted by molar-refractivity contribution is 14.0. The molecule has 0 saturated carbocycles. The minimum Gasteiger partial charge on any atom is -0.255 e. The van der Waals surface area contributed by atoms with E-state index >= 15 is 0 Å². The van der Waals surface area contributed by atoms with Gasteiger partial charge in [0, 0.05) is 0 Å². The fourth-order valence-corrected chi connectivity index (χ4v) is 0. The number of halogens is 1. The predicted octanol–water partition coefficient (Wildman–Crippen LogP) is 0.184. The Bertz CT molecular complexity index is 24.3. The summed E-state index contributed by atoms with van der Waals surface area (Å²) in [5.41, 5.74) is 0. The van der Waals surface area contributed by atoms with Crippen LogP contribution in [0.25, 0.3) is 0 Å². The van der Waals surface area contributed by atoms with Crippen LogP contribution in [0.15, 0.2) is 0 Å². The van der Waals surface area contributed by atoms with Crippen molar-refractivity contribution in [3.8, 4) is 0 Å². The summed E-state index contributed by atoms with van der Waals surface area (Å²) in [5.74, 6) is 5.29. The molecule has 2 N–H and O–H groups in total. The van der Waals surface area contributed by atoms with Crippen LogP contribution in [0, 0.1) is 0 Å². The number of hydrogen-bond acceptors (Lipinski definition) is 1. The molecule has 0 saturated heterocycles. The SMILES string of the molecule is C[N+](C)(C)N.I. The molecular formula is C3H12IN2+. The van der Waals surface area contributed by atoms with E-state index in [2.05, 4.69) is 0 Å². The summed E-state index contributed by atoms with van der Waals surface area (Å²) >= 11 is 0. The second kappa shape index (κ2) is 2.76. The first-order valence-corrected chi connectivity index (χ1v) is 1.60. The van der Waals surface area contributed by atoms with Gasteiger partial charge in [0.05, 0.1) is 21.1 Å². The van der Waals surface area contributed by atoms with Gasteiger partial charge in [-0.3, -0.25) is 4.59 Å². The molecule has 0 rings (SSSR count). The summed E-state index contributed by atoms with van der Waals surface area (Å²) in [4.78, 5) is 0. The third kappa shape index (κ3) is 147. The molecule has 2 nitrogen and oxygen atoms in total. The van der Waals surface area contributed by atoms with Crippen LogP contribution in [0.1, 0.15) is 0 Å². The van der Waals surface area contributed by atoms with Crippen molar-refractivity contribution in [1.29, 1.82) is 0 Å². The zero-order valence-electron chi connectivity index (χ0n) is 4.43. The number of rotatable bonds is 0. The molecule has 0 aliphatic rings. The lowest BCUT2D eigenvalue weighted by Gasteiger charge is -2.12. The molecule has 0 aliphatic heterocycles. The second-order valence-corrected chi connectivity index (χ2v) is 2.12. The van der Waals surface area contributed by atoms with Crippen LogP contribution >= 0.6 is 24.0 Å². The highest BCUT2D eigenvalue weighted by Crippen LogP contribution is 1.65. The van der Waals surface area contributed by atoms with Gasteiger partial charge in [-0.05, 0) is 0 Å². The van der Waals surface area contributed by atoms with Crippen LogP contribution in [0.5, 0.6) is 0 Å². The predicted molar refractivity (Wildman–Crippen MR) is 37.6 cm³/mol. The summed E-state index contributed by atoms with van der Waals surface area (Å²) in [6, 6.07) is 0. The fraction of sp³-hybridized carbons (Fsp3) is 1.00. The first kappa shape index (κ1) is 9.82. The van der Waals surface area contributed by atoms with Gasteiger partial charge >= 0.3 is 0 Å². The van der Waals surface area contributed by atoms with E-state index in [1.807, 2.05) is 21.1 Å². The van der Waals surface area contributed by atoms with Crippen LogP contribution < -0.4 is 5.84 Å². The number of quaternary nitrogens is 1. The topological polar surface area (TPSA) is 26.0 Å². The van der Waals surface area contributed by atoms with E-state index in [0.717, 1.165) is 0 Å². The quantitative estimate of drug-likeness (QED) is 0.258. The van der Waals surface area contributed by atoms with Crippen LogP contribution in [-0.4, -0.2) is 25.7 Å². The van der Waals surface area contributed by atoms with Crippen molar-refractivity contribution in [2.75, 3.05) is 21.1 Å². The van der Waals surface area contributed by atoms with Crippen molar-refractivity contribution in [3.63, 3.8) is 0 Å². The van der Waals surface area contributed by atoms with E-state index in [1.54, 1.807) is 0 Å². The third-order valence-corrected chi connectivity index (χ3v) is 0. The van der Waals surface area contributed by atoms with Crippen molar-refractivity contribution >= 4 is 24.0 Å². The van der Waals surface area contributed by atoms with Crippen molar-refractivity contribution in [2.45, 2.75) is 0 Å². The van der Waals surface area contributed by atoms with E-state index in [9.17, 15) is 0 Å². The van der Waals surface area contributed by atoms with Crippen LogP contribution in [0.3, 0.4) is 0 Å². The van der Waals surface area contributed by atoms with E-state index in [0.29, 0.717) is 4.59 Å². The monoisotopic (exact) mass is 203 g/mol. The van der Waals surface area contributed by atoms with Gasteiger partial charge in [-0.1, -0.05) is 0 Å². The molecule has 0 heterocycles. The first-order valence-electron chi connectivity index (χ1n) is 1.60. The molecule has 3 heteroatoms. The standard InChI is InChI=1S/C3H11N2.HI/c1-5(2,3)4;/h4H2,1-3H3;1H/q+1;. The van der Waals surface area contributed by atoms with Gasteiger partial charge in [-0.15, -0.1) is 24.0 Å². The van der Waals surface area contributed by atoms with Gasteiger partial charge in [0.2, 0.25) is 0 Å². The third-order valence-electron chi connectivity index (χ3n) is 0. The molecule has 0 atom stereocenters. The van der Waals surface area contributed by atoms with Gasteiger partial charge in [-0.25, -0.2) is 0 Å². The van der Waals surface area contributed by atoms with E-state index < -0.39 is 0 Å². The summed E-state index contributed by atoms with van der Waals surface area (Å²) in [7, 11) is 5.71. The average molecular weight is 203 g/mol. The van der Waals surface area contributed by atoms with Crippen molar-refractivity contribution in [1.82, 2.24) is 0 Å². The zero-order chi connectivity index (χ0) is 4.50. The molecule has 40 valence electrons. The number of hydrogen-bond donors (Lipinski definition) is 1. The summed E-state index contributed by atoms with van der Waals surface area (Å²) in [5, 5.41) is 0. The zero-order valence-corrected chi connectivity index (χ0v) is 6.76. The molecule has 0 radical (unpaired) electrons. The maximum atomic E-state index is 5.29. The van der Waals surface area contributed by atoms with Crippen LogP contribution in [0.2, 0.25) is 0 Å². The Morgan fingerprint density at radius 2 is 1.17 bits per heavy atom. The molecule has 0 unspecified atom stereocenters. The molecule has 0 aliphatic carbocycles.